The van der Waals surface area contributed by atoms with E-state index in [0.717, 1.165) is 11.4 Å². The van der Waals surface area contributed by atoms with Crippen LogP contribution in [0.1, 0.15) is 36.8 Å². The number of likely N-dealkylation sites (N-methyl/N-ethyl adjacent to an activating group) is 1. The monoisotopic (exact) mass is 205 g/mol. The molecule has 0 saturated carbocycles. The zero-order valence-electron chi connectivity index (χ0n) is 10.1. The summed E-state index contributed by atoms with van der Waals surface area (Å²) in [6, 6.07) is 2.31. The molecule has 1 atom stereocenters. The van der Waals surface area contributed by atoms with E-state index in [2.05, 4.69) is 41.5 Å². The first-order valence-corrected chi connectivity index (χ1v) is 5.17. The van der Waals surface area contributed by atoms with Crippen LogP contribution in [0.5, 0.6) is 0 Å². The Morgan fingerprint density at radius 3 is 2.53 bits per heavy atom. The van der Waals surface area contributed by atoms with Gasteiger partial charge < -0.3 is 5.32 Å². The Bertz CT molecular complexity index is 365. The average Bonchev–Trinajstić information content (AvgIpc) is 2.18. The van der Waals surface area contributed by atoms with Gasteiger partial charge in [0.2, 0.25) is 0 Å². The van der Waals surface area contributed by atoms with E-state index < -0.39 is 0 Å². The van der Waals surface area contributed by atoms with Gasteiger partial charge in [-0.25, -0.2) is 0 Å². The standard InChI is InChI=1S/C12H19N3/c1-8(2)6-12(13-5)11-7-9(3)14-15-10(11)4/h6-7,12-13H,1-5H3. The first-order chi connectivity index (χ1) is 7.04. The Labute approximate surface area is 91.6 Å². The highest BCUT2D eigenvalue weighted by Crippen LogP contribution is 2.18. The lowest BCUT2D eigenvalue weighted by atomic mass is 10.0. The van der Waals surface area contributed by atoms with Crippen molar-refractivity contribution in [3.8, 4) is 0 Å². The van der Waals surface area contributed by atoms with Gasteiger partial charge in [0.1, 0.15) is 0 Å². The van der Waals surface area contributed by atoms with Crippen LogP contribution in [0.4, 0.5) is 0 Å². The first kappa shape index (κ1) is 11.9. The van der Waals surface area contributed by atoms with Gasteiger partial charge in [-0.05, 0) is 46.4 Å². The molecular formula is C12H19N3. The first-order valence-electron chi connectivity index (χ1n) is 5.17. The zero-order valence-corrected chi connectivity index (χ0v) is 10.1. The molecule has 0 aliphatic carbocycles. The van der Waals surface area contributed by atoms with Gasteiger partial charge in [0, 0.05) is 0 Å². The maximum atomic E-state index is 4.14. The van der Waals surface area contributed by atoms with Gasteiger partial charge in [-0.15, -0.1) is 0 Å². The molecule has 1 unspecified atom stereocenters. The molecule has 0 aliphatic rings. The summed E-state index contributed by atoms with van der Waals surface area (Å²) in [7, 11) is 1.96. The van der Waals surface area contributed by atoms with E-state index in [4.69, 9.17) is 0 Å². The molecule has 15 heavy (non-hydrogen) atoms. The highest BCUT2D eigenvalue weighted by molar-refractivity contribution is 5.28. The van der Waals surface area contributed by atoms with Crippen LogP contribution in [0.25, 0.3) is 0 Å². The maximum absolute atomic E-state index is 4.14. The van der Waals surface area contributed by atoms with Crippen molar-refractivity contribution in [1.82, 2.24) is 15.5 Å². The molecule has 1 rings (SSSR count). The minimum absolute atomic E-state index is 0.226. The number of aromatic nitrogens is 2. The van der Waals surface area contributed by atoms with E-state index in [1.54, 1.807) is 0 Å². The van der Waals surface area contributed by atoms with E-state index in [-0.39, 0.29) is 6.04 Å². The van der Waals surface area contributed by atoms with Crippen LogP contribution in [0.2, 0.25) is 0 Å². The quantitative estimate of drug-likeness (QED) is 0.769. The molecule has 3 nitrogen and oxygen atoms in total. The average molecular weight is 205 g/mol. The van der Waals surface area contributed by atoms with Crippen molar-refractivity contribution >= 4 is 0 Å². The maximum Gasteiger partial charge on any atom is 0.0651 e. The SMILES string of the molecule is CNC(C=C(C)C)c1cc(C)nnc1C. The topological polar surface area (TPSA) is 37.8 Å². The zero-order chi connectivity index (χ0) is 11.4. The smallest absolute Gasteiger partial charge is 0.0651 e. The van der Waals surface area contributed by atoms with Crippen molar-refractivity contribution in [3.05, 3.63) is 34.7 Å². The normalized spacial score (nSPS) is 12.3. The molecule has 1 aromatic rings. The molecule has 0 bridgehead atoms. The molecule has 1 aromatic heterocycles. The number of aryl methyl sites for hydroxylation is 2. The highest BCUT2D eigenvalue weighted by atomic mass is 15.1. The van der Waals surface area contributed by atoms with Crippen LogP contribution < -0.4 is 5.32 Å². The van der Waals surface area contributed by atoms with Gasteiger partial charge >= 0.3 is 0 Å². The van der Waals surface area contributed by atoms with Crippen molar-refractivity contribution in [2.24, 2.45) is 0 Å². The van der Waals surface area contributed by atoms with E-state index >= 15 is 0 Å². The molecule has 0 amide bonds. The number of hydrogen-bond donors (Lipinski definition) is 1. The molecule has 0 aromatic carbocycles. The van der Waals surface area contributed by atoms with Crippen molar-refractivity contribution in [2.75, 3.05) is 7.05 Å². The lowest BCUT2D eigenvalue weighted by molar-refractivity contribution is 0.692. The Morgan fingerprint density at radius 2 is 2.00 bits per heavy atom. The number of hydrogen-bond acceptors (Lipinski definition) is 3. The fraction of sp³-hybridized carbons (Fsp3) is 0.500. The van der Waals surface area contributed by atoms with E-state index in [1.807, 2.05) is 20.9 Å². The largest absolute Gasteiger partial charge is 0.310 e. The van der Waals surface area contributed by atoms with E-state index in [1.165, 1.54) is 11.1 Å². The summed E-state index contributed by atoms with van der Waals surface area (Å²) in [5.41, 5.74) is 4.44. The van der Waals surface area contributed by atoms with Gasteiger partial charge in [-0.1, -0.05) is 11.6 Å². The number of nitrogens with zero attached hydrogens (tertiary/aromatic N) is 2. The Hall–Kier alpha value is -1.22. The third kappa shape index (κ3) is 3.13. The van der Waals surface area contributed by atoms with Gasteiger partial charge in [-0.3, -0.25) is 0 Å². The van der Waals surface area contributed by atoms with E-state index in [9.17, 15) is 0 Å². The van der Waals surface area contributed by atoms with Gasteiger partial charge in [0.15, 0.2) is 0 Å². The highest BCUT2D eigenvalue weighted by Gasteiger charge is 2.10. The molecule has 0 spiro atoms. The van der Waals surface area contributed by atoms with Crippen molar-refractivity contribution in [1.29, 1.82) is 0 Å². The molecule has 1 heterocycles. The number of rotatable bonds is 3. The summed E-state index contributed by atoms with van der Waals surface area (Å²) >= 11 is 0. The fourth-order valence-electron chi connectivity index (χ4n) is 1.55. The summed E-state index contributed by atoms with van der Waals surface area (Å²) in [6.07, 6.45) is 2.20. The third-order valence-electron chi connectivity index (χ3n) is 2.29. The predicted molar refractivity (Wildman–Crippen MR) is 62.7 cm³/mol. The molecule has 0 radical (unpaired) electrons. The summed E-state index contributed by atoms with van der Waals surface area (Å²) in [5.74, 6) is 0. The Kier molecular flexibility index (Phi) is 3.97. The van der Waals surface area contributed by atoms with Crippen LogP contribution in [0.15, 0.2) is 17.7 Å². The van der Waals surface area contributed by atoms with Gasteiger partial charge in [0.25, 0.3) is 0 Å². The molecule has 0 saturated heterocycles. The Morgan fingerprint density at radius 1 is 1.33 bits per heavy atom. The summed E-state index contributed by atoms with van der Waals surface area (Å²) in [4.78, 5) is 0. The van der Waals surface area contributed by atoms with Crippen molar-refractivity contribution < 1.29 is 0 Å². The molecule has 0 fully saturated rings. The van der Waals surface area contributed by atoms with Crippen LogP contribution in [0.3, 0.4) is 0 Å². The lowest BCUT2D eigenvalue weighted by Crippen LogP contribution is -2.16. The van der Waals surface area contributed by atoms with Crippen LogP contribution >= 0.6 is 0 Å². The third-order valence-corrected chi connectivity index (χ3v) is 2.29. The predicted octanol–water partition coefficient (Wildman–Crippen LogP) is 2.32. The molecule has 3 heteroatoms. The summed E-state index contributed by atoms with van der Waals surface area (Å²) in [6.45, 7) is 8.15. The number of nitrogens with one attached hydrogen (secondary N) is 1. The lowest BCUT2D eigenvalue weighted by Gasteiger charge is -2.15. The van der Waals surface area contributed by atoms with Gasteiger partial charge in [0.05, 0.1) is 17.4 Å². The second kappa shape index (κ2) is 5.03. The van der Waals surface area contributed by atoms with E-state index in [0.29, 0.717) is 0 Å². The second-order valence-electron chi connectivity index (χ2n) is 4.04. The minimum Gasteiger partial charge on any atom is -0.310 e. The Balaban J connectivity index is 3.11. The van der Waals surface area contributed by atoms with Gasteiger partial charge in [-0.2, -0.15) is 10.2 Å². The molecule has 1 N–H and O–H groups in total. The van der Waals surface area contributed by atoms with Crippen molar-refractivity contribution in [3.63, 3.8) is 0 Å². The van der Waals surface area contributed by atoms with Crippen LogP contribution in [-0.2, 0) is 0 Å². The van der Waals surface area contributed by atoms with Crippen molar-refractivity contribution in [2.45, 2.75) is 33.7 Å². The molecule has 0 aliphatic heterocycles. The minimum atomic E-state index is 0.226. The number of allylic oxidation sites excluding steroid dienone is 1. The van der Waals surface area contributed by atoms with Crippen LogP contribution in [0, 0.1) is 13.8 Å². The second-order valence-corrected chi connectivity index (χ2v) is 4.04. The summed E-state index contributed by atoms with van der Waals surface area (Å²) in [5, 5.41) is 11.4. The fourth-order valence-corrected chi connectivity index (χ4v) is 1.55. The van der Waals surface area contributed by atoms with Crippen LogP contribution in [-0.4, -0.2) is 17.2 Å². The molecule has 82 valence electrons. The molecular weight excluding hydrogens is 186 g/mol. The summed E-state index contributed by atoms with van der Waals surface area (Å²) < 4.78 is 0.